The molecular formula is C87H156N4O2. The number of aryl methyl sites for hydroxylation is 1. The van der Waals surface area contributed by atoms with Gasteiger partial charge in [-0.1, -0.05) is 151 Å². The van der Waals surface area contributed by atoms with E-state index in [-0.39, 0.29) is 0 Å². The summed E-state index contributed by atoms with van der Waals surface area (Å²) in [5.74, 6) is 11.6. The lowest BCUT2D eigenvalue weighted by Gasteiger charge is -2.53. The maximum absolute atomic E-state index is 11.3. The third kappa shape index (κ3) is 28.2. The van der Waals surface area contributed by atoms with Crippen LogP contribution in [0, 0.1) is 81.3 Å². The standard InChI is InChI=1S/C11H14.C9H15NO.C9H17N.2C9H16.C8H14.C7H12.C7H14.2C6H13N.C6H12O/c1-9-6-7-10-4-2-3-5-11(10)8-9;1-7-2-3-8-4-5-9(11)10(8)6-7;1-8-4-5-9-3-2-6-10(9)7-8;1-9-5-2-8(3-6-9)4-7-9;1-8-2-4-9(5-3-8)6-7-9;1-7-5-8(6-7)3-2-4-8;1-5-2-6-4-7(6)3-5;3*1-7-5-3-2-4-6-7;1-6-2-4-7-5-3-6/h2-5,9H,6-8H2,1H3;7-8H,2-6H2,1H3;8-9H,2-7H2,1H3;2*8H,2-7H2,1H3;7H,2-6H2,1H3;5-7H,2-4H2,1H3;7H,2-6H2,1H3;2*2-6H2,1H3;6H,2-5H2,1H3/t9-;7-,8?;8-,9?;;;;;;;;/m000......../s1. The Kier molecular flexibility index (Phi) is 33.3. The molecule has 0 radical (unpaired) electrons. The third-order valence-corrected chi connectivity index (χ3v) is 27.4. The highest BCUT2D eigenvalue weighted by Crippen LogP contribution is 2.59. The Morgan fingerprint density at radius 1 is 0.398 bits per heavy atom. The molecule has 2 bridgehead atoms. The van der Waals surface area contributed by atoms with E-state index in [1.54, 1.807) is 81.8 Å². The van der Waals surface area contributed by atoms with E-state index in [2.05, 4.69) is 120 Å². The second kappa shape index (κ2) is 40.1. The van der Waals surface area contributed by atoms with Crippen molar-refractivity contribution in [3.05, 3.63) is 35.4 Å². The molecule has 2 spiro atoms. The van der Waals surface area contributed by atoms with Crippen LogP contribution in [0.5, 0.6) is 0 Å². The van der Waals surface area contributed by atoms with Gasteiger partial charge in [0.25, 0.3) is 0 Å². The van der Waals surface area contributed by atoms with E-state index in [9.17, 15) is 4.79 Å². The van der Waals surface area contributed by atoms with Gasteiger partial charge in [0.2, 0.25) is 5.91 Å². The number of nitrogens with zero attached hydrogens (tertiary/aromatic N) is 4. The normalized spacial score (nSPS) is 35.0. The van der Waals surface area contributed by atoms with Crippen LogP contribution in [-0.4, -0.2) is 111 Å². The number of rotatable bonds is 0. The van der Waals surface area contributed by atoms with Crippen molar-refractivity contribution in [1.82, 2.24) is 19.6 Å². The second-order valence-corrected chi connectivity index (χ2v) is 37.0. The van der Waals surface area contributed by atoms with Crippen molar-refractivity contribution in [2.75, 3.05) is 73.1 Å². The molecule has 0 aromatic heterocycles. The number of fused-ring (bicyclic) bond motifs is 7. The van der Waals surface area contributed by atoms with Gasteiger partial charge in [-0.2, -0.15) is 0 Å². The van der Waals surface area contributed by atoms with Gasteiger partial charge in [0.05, 0.1) is 0 Å². The Bertz CT molecular complexity index is 2050. The van der Waals surface area contributed by atoms with E-state index in [4.69, 9.17) is 4.74 Å². The van der Waals surface area contributed by atoms with Crippen LogP contribution in [0.15, 0.2) is 24.3 Å². The Labute approximate surface area is 578 Å². The summed E-state index contributed by atoms with van der Waals surface area (Å²) < 4.78 is 5.14. The van der Waals surface area contributed by atoms with Crippen LogP contribution < -0.4 is 0 Å². The van der Waals surface area contributed by atoms with Gasteiger partial charge in [0.1, 0.15) is 0 Å². The molecule has 93 heavy (non-hydrogen) atoms. The molecule has 6 heteroatoms. The molecule has 536 valence electrons. The molecule has 7 heterocycles. The molecular weight excluding hydrogens is 1130 g/mol. The van der Waals surface area contributed by atoms with Gasteiger partial charge < -0.3 is 24.3 Å². The molecule has 18 aliphatic rings. The fourth-order valence-corrected chi connectivity index (χ4v) is 19.8. The molecule has 11 aliphatic carbocycles. The van der Waals surface area contributed by atoms with E-state index in [0.29, 0.717) is 11.9 Å². The highest BCUT2D eigenvalue weighted by molar-refractivity contribution is 5.78. The minimum absolute atomic E-state index is 0.390. The molecule has 0 N–H and O–H groups in total. The SMILES string of the molecule is CC12CCC(CC1)CC2.CC1CC2(CCC2)C1.CC1CC2CC2C1.CC1CCC2(CC1)CC2.CC1CCCCC1.CC1CCOCC1.CN1CCCCC1.CN1CCCCC1.C[C@H]1CCC2CCC(=O)N2C1.C[C@H]1CCC2CCCN2C1.C[C@H]1CCc2ccccc2C1. The smallest absolute Gasteiger partial charge is 0.222 e. The Hall–Kier alpha value is -1.47. The van der Waals surface area contributed by atoms with E-state index < -0.39 is 0 Å². The second-order valence-electron chi connectivity index (χ2n) is 37.0. The summed E-state index contributed by atoms with van der Waals surface area (Å²) in [6, 6.07) is 10.4. The van der Waals surface area contributed by atoms with Crippen LogP contribution in [-0.2, 0) is 22.4 Å². The molecule has 1 amide bonds. The van der Waals surface area contributed by atoms with E-state index >= 15 is 0 Å². The lowest BCUT2D eigenvalue weighted by Crippen LogP contribution is -2.41. The van der Waals surface area contributed by atoms with Crippen molar-refractivity contribution >= 4 is 5.91 Å². The third-order valence-electron chi connectivity index (χ3n) is 27.4. The van der Waals surface area contributed by atoms with Crippen molar-refractivity contribution in [1.29, 1.82) is 0 Å². The Balaban J connectivity index is 0.000000132. The Morgan fingerprint density at radius 2 is 0.935 bits per heavy atom. The van der Waals surface area contributed by atoms with Gasteiger partial charge in [-0.25, -0.2) is 0 Å². The monoisotopic (exact) mass is 1290 g/mol. The number of piperidine rings is 4. The highest BCUT2D eigenvalue weighted by Gasteiger charge is 2.47. The van der Waals surface area contributed by atoms with Crippen LogP contribution in [0.25, 0.3) is 0 Å². The Morgan fingerprint density at radius 3 is 1.38 bits per heavy atom. The number of hydrogen-bond acceptors (Lipinski definition) is 5. The fraction of sp³-hybridized carbons (Fsp3) is 0.920. The number of amides is 1. The summed E-state index contributed by atoms with van der Waals surface area (Å²) in [6.45, 7) is 32.3. The van der Waals surface area contributed by atoms with Crippen molar-refractivity contribution in [2.24, 2.45) is 81.3 Å². The maximum Gasteiger partial charge on any atom is 0.222 e. The van der Waals surface area contributed by atoms with E-state index in [1.807, 2.05) is 0 Å². The summed E-state index contributed by atoms with van der Waals surface area (Å²) in [4.78, 5) is 20.8. The lowest BCUT2D eigenvalue weighted by atomic mass is 9.52. The zero-order chi connectivity index (χ0) is 66.1. The topological polar surface area (TPSA) is 39.3 Å². The van der Waals surface area contributed by atoms with Crippen molar-refractivity contribution in [2.45, 2.75) is 357 Å². The summed E-state index contributed by atoms with van der Waals surface area (Å²) in [5, 5.41) is 0. The van der Waals surface area contributed by atoms with Gasteiger partial charge in [-0.05, 0) is 351 Å². The minimum atomic E-state index is 0.390. The summed E-state index contributed by atoms with van der Waals surface area (Å²) in [6.07, 6.45) is 63.6. The van der Waals surface area contributed by atoms with Gasteiger partial charge in [0.15, 0.2) is 0 Å². The molecule has 1 aromatic carbocycles. The molecule has 7 atom stereocenters. The van der Waals surface area contributed by atoms with Gasteiger partial charge in [0, 0.05) is 44.8 Å². The van der Waals surface area contributed by atoms with Crippen LogP contribution in [0.4, 0.5) is 0 Å². The number of carbonyl (C=O) groups is 1. The van der Waals surface area contributed by atoms with Crippen molar-refractivity contribution < 1.29 is 9.53 Å². The van der Waals surface area contributed by atoms with Gasteiger partial charge >= 0.3 is 0 Å². The maximum atomic E-state index is 11.3. The predicted octanol–water partition coefficient (Wildman–Crippen LogP) is 22.9. The first kappa shape index (κ1) is 77.3. The molecule has 6 nitrogen and oxygen atoms in total. The van der Waals surface area contributed by atoms with E-state index in [0.717, 1.165) is 108 Å². The molecule has 7 aliphatic heterocycles. The largest absolute Gasteiger partial charge is 0.381 e. The number of likely N-dealkylation sites (tertiary alicyclic amines) is 2. The zero-order valence-electron chi connectivity index (χ0n) is 63.9. The highest BCUT2D eigenvalue weighted by atomic mass is 16.5. The number of ether oxygens (including phenoxy) is 1. The van der Waals surface area contributed by atoms with Crippen molar-refractivity contribution in [3.8, 4) is 0 Å². The first-order valence-corrected chi connectivity index (χ1v) is 41.9. The summed E-state index contributed by atoms with van der Waals surface area (Å²) in [5.41, 5.74) is 5.76. The van der Waals surface area contributed by atoms with E-state index in [1.165, 1.54) is 250 Å². The minimum Gasteiger partial charge on any atom is -0.381 e. The molecule has 1 aromatic rings. The first-order valence-electron chi connectivity index (χ1n) is 41.9. The first-order chi connectivity index (χ1) is 44.8. The number of benzene rings is 1. The van der Waals surface area contributed by atoms with Crippen LogP contribution in [0.1, 0.15) is 343 Å². The number of carbonyl (C=O) groups excluding carboxylic acids is 1. The predicted molar refractivity (Wildman–Crippen MR) is 401 cm³/mol. The van der Waals surface area contributed by atoms with Crippen LogP contribution in [0.2, 0.25) is 0 Å². The molecule has 19 rings (SSSR count). The summed E-state index contributed by atoms with van der Waals surface area (Å²) >= 11 is 0. The fourth-order valence-electron chi connectivity index (χ4n) is 19.8. The average molecular weight is 1290 g/mol. The molecule has 10 saturated carbocycles. The molecule has 17 fully saturated rings. The van der Waals surface area contributed by atoms with Crippen LogP contribution in [0.3, 0.4) is 0 Å². The quantitative estimate of drug-likeness (QED) is 0.259. The van der Waals surface area contributed by atoms with Gasteiger partial charge in [-0.15, -0.1) is 0 Å². The van der Waals surface area contributed by atoms with Crippen molar-refractivity contribution in [3.63, 3.8) is 0 Å². The molecule has 4 unspecified atom stereocenters. The zero-order valence-corrected chi connectivity index (χ0v) is 63.9. The van der Waals surface area contributed by atoms with Gasteiger partial charge in [-0.3, -0.25) is 4.79 Å². The summed E-state index contributed by atoms with van der Waals surface area (Å²) in [7, 11) is 4.39. The number of hydrogen-bond donors (Lipinski definition) is 0. The molecule has 7 saturated heterocycles. The lowest BCUT2D eigenvalue weighted by molar-refractivity contribution is -0.130. The van der Waals surface area contributed by atoms with Crippen LogP contribution >= 0.6 is 0 Å². The average Bonchev–Trinajstić information content (AvgIpc) is 1.78.